The van der Waals surface area contributed by atoms with Gasteiger partial charge in [-0.15, -0.1) is 0 Å². The summed E-state index contributed by atoms with van der Waals surface area (Å²) in [5, 5.41) is 0. The number of nitrogens with zero attached hydrogens (tertiary/aromatic N) is 2. The van der Waals surface area contributed by atoms with Crippen LogP contribution in [0.15, 0.2) is 30.3 Å². The number of anilines is 1. The van der Waals surface area contributed by atoms with Crippen LogP contribution in [0.1, 0.15) is 20.3 Å². The number of benzene rings is 1. The fraction of sp³-hybridized carbons (Fsp3) is 0.467. The maximum absolute atomic E-state index is 12.3. The number of hydrogen-bond donors (Lipinski definition) is 0. The number of carbonyl (C=O) groups excluding carboxylic acids is 2. The van der Waals surface area contributed by atoms with Gasteiger partial charge >= 0.3 is 0 Å². The molecule has 19 heavy (non-hydrogen) atoms. The van der Waals surface area contributed by atoms with Gasteiger partial charge in [-0.2, -0.15) is 0 Å². The highest BCUT2D eigenvalue weighted by molar-refractivity contribution is 6.00. The first-order valence-electron chi connectivity index (χ1n) is 6.81. The average molecular weight is 260 g/mol. The van der Waals surface area contributed by atoms with Crippen molar-refractivity contribution in [3.8, 4) is 0 Å². The van der Waals surface area contributed by atoms with E-state index in [1.165, 1.54) is 0 Å². The van der Waals surface area contributed by atoms with Gasteiger partial charge in [-0.3, -0.25) is 9.59 Å². The van der Waals surface area contributed by atoms with Gasteiger partial charge in [0, 0.05) is 31.7 Å². The normalized spacial score (nSPS) is 18.7. The third-order valence-electron chi connectivity index (χ3n) is 3.62. The Hall–Kier alpha value is -1.84. The van der Waals surface area contributed by atoms with Crippen molar-refractivity contribution in [3.05, 3.63) is 30.3 Å². The zero-order valence-electron chi connectivity index (χ0n) is 11.5. The third kappa shape index (κ3) is 2.78. The second kappa shape index (κ2) is 5.87. The zero-order valence-corrected chi connectivity index (χ0v) is 11.5. The Balaban J connectivity index is 2.09. The van der Waals surface area contributed by atoms with Crippen molar-refractivity contribution in [1.82, 2.24) is 4.90 Å². The third-order valence-corrected chi connectivity index (χ3v) is 3.62. The van der Waals surface area contributed by atoms with E-state index < -0.39 is 0 Å². The minimum Gasteiger partial charge on any atom is -0.343 e. The Bertz CT molecular complexity index is 454. The van der Waals surface area contributed by atoms with Crippen molar-refractivity contribution in [2.24, 2.45) is 5.92 Å². The SMILES string of the molecule is CCN(CC)C(=O)[C@@H]1CC(=O)N(c2ccccc2)C1. The molecule has 1 atom stereocenters. The molecule has 0 aliphatic carbocycles. The molecule has 2 amide bonds. The molecular formula is C15H20N2O2. The second-order valence-electron chi connectivity index (χ2n) is 4.75. The fourth-order valence-corrected chi connectivity index (χ4v) is 2.52. The highest BCUT2D eigenvalue weighted by atomic mass is 16.2. The highest BCUT2D eigenvalue weighted by Gasteiger charge is 2.36. The van der Waals surface area contributed by atoms with Gasteiger partial charge in [0.25, 0.3) is 0 Å². The molecule has 0 spiro atoms. The molecule has 102 valence electrons. The lowest BCUT2D eigenvalue weighted by Crippen LogP contribution is -2.37. The molecule has 1 aromatic carbocycles. The Morgan fingerprint density at radius 3 is 2.47 bits per heavy atom. The van der Waals surface area contributed by atoms with Crippen LogP contribution in [0.5, 0.6) is 0 Å². The minimum absolute atomic E-state index is 0.0386. The Kier molecular flexibility index (Phi) is 4.20. The first-order valence-corrected chi connectivity index (χ1v) is 6.81. The van der Waals surface area contributed by atoms with Crippen LogP contribution in [0, 0.1) is 5.92 Å². The summed E-state index contributed by atoms with van der Waals surface area (Å²) in [4.78, 5) is 27.8. The van der Waals surface area contributed by atoms with E-state index in [1.54, 1.807) is 9.80 Å². The monoisotopic (exact) mass is 260 g/mol. The molecule has 1 aliphatic rings. The summed E-state index contributed by atoms with van der Waals surface area (Å²) < 4.78 is 0. The van der Waals surface area contributed by atoms with Gasteiger partial charge in [0.1, 0.15) is 0 Å². The Morgan fingerprint density at radius 2 is 1.89 bits per heavy atom. The molecule has 1 saturated heterocycles. The summed E-state index contributed by atoms with van der Waals surface area (Å²) in [7, 11) is 0. The van der Waals surface area contributed by atoms with E-state index in [4.69, 9.17) is 0 Å². The van der Waals surface area contributed by atoms with Crippen LogP contribution < -0.4 is 4.90 Å². The predicted octanol–water partition coefficient (Wildman–Crippen LogP) is 1.91. The molecule has 0 N–H and O–H groups in total. The standard InChI is InChI=1S/C15H20N2O2/c1-3-16(4-2)15(19)12-10-14(18)17(11-12)13-8-6-5-7-9-13/h5-9,12H,3-4,10-11H2,1-2H3/t12-/m1/s1. The molecule has 0 bridgehead atoms. The van der Waals surface area contributed by atoms with Crippen LogP contribution in [0.25, 0.3) is 0 Å². The Morgan fingerprint density at radius 1 is 1.26 bits per heavy atom. The van der Waals surface area contributed by atoms with Crippen molar-refractivity contribution >= 4 is 17.5 Å². The van der Waals surface area contributed by atoms with E-state index in [-0.39, 0.29) is 17.7 Å². The second-order valence-corrected chi connectivity index (χ2v) is 4.75. The van der Waals surface area contributed by atoms with Gasteiger partial charge in [0.05, 0.1) is 5.92 Å². The van der Waals surface area contributed by atoms with Crippen LogP contribution in [0.3, 0.4) is 0 Å². The quantitative estimate of drug-likeness (QED) is 0.829. The molecule has 1 aliphatic heterocycles. The van der Waals surface area contributed by atoms with Gasteiger partial charge in [0.15, 0.2) is 0 Å². The smallest absolute Gasteiger partial charge is 0.227 e. The summed E-state index contributed by atoms with van der Waals surface area (Å²) in [6.45, 7) is 5.83. The number of para-hydroxylation sites is 1. The van der Waals surface area contributed by atoms with Crippen LogP contribution in [-0.2, 0) is 9.59 Å². The first-order chi connectivity index (χ1) is 9.17. The number of amides is 2. The summed E-state index contributed by atoms with van der Waals surface area (Å²) >= 11 is 0. The number of rotatable bonds is 4. The minimum atomic E-state index is -0.201. The van der Waals surface area contributed by atoms with Crippen molar-refractivity contribution < 1.29 is 9.59 Å². The van der Waals surface area contributed by atoms with Crippen molar-refractivity contribution in [3.63, 3.8) is 0 Å². The predicted molar refractivity (Wildman–Crippen MR) is 74.8 cm³/mol. The van der Waals surface area contributed by atoms with E-state index in [1.807, 2.05) is 44.2 Å². The van der Waals surface area contributed by atoms with E-state index >= 15 is 0 Å². The molecule has 4 nitrogen and oxygen atoms in total. The maximum atomic E-state index is 12.3. The molecule has 0 saturated carbocycles. The molecule has 1 heterocycles. The zero-order chi connectivity index (χ0) is 13.8. The van der Waals surface area contributed by atoms with Crippen molar-refractivity contribution in [2.75, 3.05) is 24.5 Å². The summed E-state index contributed by atoms with van der Waals surface area (Å²) in [5.74, 6) is -0.0684. The largest absolute Gasteiger partial charge is 0.343 e. The van der Waals surface area contributed by atoms with Crippen LogP contribution >= 0.6 is 0 Å². The molecule has 0 aromatic heterocycles. The van der Waals surface area contributed by atoms with Crippen molar-refractivity contribution in [2.45, 2.75) is 20.3 Å². The summed E-state index contributed by atoms with van der Waals surface area (Å²) in [5.41, 5.74) is 0.877. The highest BCUT2D eigenvalue weighted by Crippen LogP contribution is 2.25. The fourth-order valence-electron chi connectivity index (χ4n) is 2.52. The van der Waals surface area contributed by atoms with Crippen LogP contribution in [-0.4, -0.2) is 36.3 Å². The molecule has 1 aromatic rings. The summed E-state index contributed by atoms with van der Waals surface area (Å²) in [6.07, 6.45) is 0.324. The van der Waals surface area contributed by atoms with Gasteiger partial charge < -0.3 is 9.80 Å². The molecule has 4 heteroatoms. The topological polar surface area (TPSA) is 40.6 Å². The van der Waals surface area contributed by atoms with Gasteiger partial charge in [0.2, 0.25) is 11.8 Å². The van der Waals surface area contributed by atoms with Gasteiger partial charge in [-0.1, -0.05) is 18.2 Å². The van der Waals surface area contributed by atoms with Crippen molar-refractivity contribution in [1.29, 1.82) is 0 Å². The lowest BCUT2D eigenvalue weighted by atomic mass is 10.1. The average Bonchev–Trinajstić information content (AvgIpc) is 2.83. The molecule has 2 rings (SSSR count). The van der Waals surface area contributed by atoms with E-state index in [2.05, 4.69) is 0 Å². The lowest BCUT2D eigenvalue weighted by molar-refractivity contribution is -0.135. The van der Waals surface area contributed by atoms with E-state index in [0.717, 1.165) is 5.69 Å². The van der Waals surface area contributed by atoms with Gasteiger partial charge in [-0.05, 0) is 26.0 Å². The van der Waals surface area contributed by atoms with E-state index in [0.29, 0.717) is 26.1 Å². The number of carbonyl (C=O) groups is 2. The van der Waals surface area contributed by atoms with Crippen LogP contribution in [0.4, 0.5) is 5.69 Å². The lowest BCUT2D eigenvalue weighted by Gasteiger charge is -2.22. The van der Waals surface area contributed by atoms with Gasteiger partial charge in [-0.25, -0.2) is 0 Å². The molecule has 1 fully saturated rings. The summed E-state index contributed by atoms with van der Waals surface area (Å²) in [6, 6.07) is 9.54. The maximum Gasteiger partial charge on any atom is 0.227 e. The molecule has 0 radical (unpaired) electrons. The molecular weight excluding hydrogens is 240 g/mol. The first kappa shape index (κ1) is 13.6. The molecule has 0 unspecified atom stereocenters. The Labute approximate surface area is 114 Å². The van der Waals surface area contributed by atoms with E-state index in [9.17, 15) is 9.59 Å². The number of hydrogen-bond acceptors (Lipinski definition) is 2. The van der Waals surface area contributed by atoms with Crippen LogP contribution in [0.2, 0.25) is 0 Å².